The normalized spacial score (nSPS) is 17.6. The maximum absolute atomic E-state index is 12.1. The Kier molecular flexibility index (Phi) is 6.49. The molecule has 1 heterocycles. The van der Waals surface area contributed by atoms with Gasteiger partial charge in [0.05, 0.1) is 19.2 Å². The smallest absolute Gasteiger partial charge is 0.249 e. The lowest BCUT2D eigenvalue weighted by Crippen LogP contribution is -2.31. The van der Waals surface area contributed by atoms with Gasteiger partial charge >= 0.3 is 0 Å². The first-order valence-corrected chi connectivity index (χ1v) is 8.19. The third kappa shape index (κ3) is 4.64. The molecule has 1 aromatic rings. The van der Waals surface area contributed by atoms with Crippen molar-refractivity contribution in [2.45, 2.75) is 19.3 Å². The Balaban J connectivity index is 2.31. The number of thiocarbonyl (C=S) groups is 1. The van der Waals surface area contributed by atoms with Gasteiger partial charge in [-0.25, -0.2) is 0 Å². The van der Waals surface area contributed by atoms with Crippen molar-refractivity contribution in [3.05, 3.63) is 29.8 Å². The fraction of sp³-hybridized carbons (Fsp3) is 0.389. The summed E-state index contributed by atoms with van der Waals surface area (Å²) < 4.78 is 10.6. The van der Waals surface area contributed by atoms with E-state index < -0.39 is 0 Å². The van der Waals surface area contributed by atoms with Gasteiger partial charge < -0.3 is 19.8 Å². The summed E-state index contributed by atoms with van der Waals surface area (Å²) in [7, 11) is 3.21. The molecule has 0 aromatic heterocycles. The van der Waals surface area contributed by atoms with Crippen LogP contribution in [0, 0.1) is 5.92 Å². The van der Waals surface area contributed by atoms with Crippen molar-refractivity contribution in [1.29, 1.82) is 0 Å². The third-order valence-electron chi connectivity index (χ3n) is 3.98. The Labute approximate surface area is 147 Å². The number of allylic oxidation sites excluding steroid dienone is 1. The number of methoxy groups -OCH3 is 2. The van der Waals surface area contributed by atoms with E-state index in [0.29, 0.717) is 29.5 Å². The highest BCUT2D eigenvalue weighted by atomic mass is 32.1. The number of aliphatic imine (C=N–C) groups is 1. The van der Waals surface area contributed by atoms with Gasteiger partial charge in [-0.1, -0.05) is 12.2 Å². The minimum Gasteiger partial charge on any atom is -0.497 e. The first kappa shape index (κ1) is 18.1. The molecule has 128 valence electrons. The summed E-state index contributed by atoms with van der Waals surface area (Å²) in [5, 5.41) is 2.78. The van der Waals surface area contributed by atoms with Crippen molar-refractivity contribution < 1.29 is 14.3 Å². The van der Waals surface area contributed by atoms with Crippen molar-refractivity contribution in [3.63, 3.8) is 0 Å². The number of rotatable bonds is 7. The number of nitrogens with zero attached hydrogens (tertiary/aromatic N) is 1. The summed E-state index contributed by atoms with van der Waals surface area (Å²) in [6.07, 6.45) is 4.03. The molecule has 1 N–H and O–H groups in total. The molecule has 0 aliphatic carbocycles. The zero-order chi connectivity index (χ0) is 17.5. The fourth-order valence-corrected chi connectivity index (χ4v) is 3.01. The molecule has 1 aliphatic heterocycles. The van der Waals surface area contributed by atoms with E-state index >= 15 is 0 Å². The summed E-state index contributed by atoms with van der Waals surface area (Å²) in [6.45, 7) is 4.20. The average Bonchev–Trinajstić information content (AvgIpc) is 2.72. The van der Waals surface area contributed by atoms with Crippen molar-refractivity contribution >= 4 is 35.4 Å². The van der Waals surface area contributed by atoms with Crippen LogP contribution in [-0.4, -0.2) is 38.4 Å². The van der Waals surface area contributed by atoms with Gasteiger partial charge in [0.1, 0.15) is 11.5 Å². The molecule has 1 amide bonds. The number of hydrogen-bond donors (Lipinski definition) is 1. The Bertz CT molecular complexity index is 648. The zero-order valence-electron chi connectivity index (χ0n) is 14.0. The van der Waals surface area contributed by atoms with Crippen molar-refractivity contribution in [2.24, 2.45) is 10.9 Å². The molecular weight excluding hydrogens is 324 g/mol. The first-order valence-electron chi connectivity index (χ1n) is 7.78. The van der Waals surface area contributed by atoms with Crippen LogP contribution in [0.3, 0.4) is 0 Å². The van der Waals surface area contributed by atoms with Gasteiger partial charge in [-0.3, -0.25) is 4.79 Å². The van der Waals surface area contributed by atoms with Gasteiger partial charge in [0, 0.05) is 24.6 Å². The Morgan fingerprint density at radius 3 is 2.54 bits per heavy atom. The SMILES string of the molecule is C=NCCCC1CC(c2cc(OC)cc(OC)c2)=CC(=O)NC1=S. The second-order valence-electron chi connectivity index (χ2n) is 5.61. The standard InChI is InChI=1S/C18H22N2O3S/c1-19-6-4-5-12-7-13(10-17(21)20-18(12)24)14-8-15(22-2)11-16(9-14)23-3/h8-12H,1,4-7H2,2-3H3,(H,20,21,24). The molecule has 1 aliphatic rings. The minimum absolute atomic E-state index is 0.0941. The van der Waals surface area contributed by atoms with Crippen LogP contribution in [0.4, 0.5) is 0 Å². The molecule has 0 radical (unpaired) electrons. The predicted molar refractivity (Wildman–Crippen MR) is 100 cm³/mol. The number of hydrogen-bond acceptors (Lipinski definition) is 5. The highest BCUT2D eigenvalue weighted by molar-refractivity contribution is 7.80. The van der Waals surface area contributed by atoms with Crippen LogP contribution in [0.15, 0.2) is 29.3 Å². The molecule has 24 heavy (non-hydrogen) atoms. The van der Waals surface area contributed by atoms with Crippen molar-refractivity contribution in [1.82, 2.24) is 5.32 Å². The highest BCUT2D eigenvalue weighted by Gasteiger charge is 2.23. The first-order chi connectivity index (χ1) is 11.6. The van der Waals surface area contributed by atoms with Gasteiger partial charge in [0.15, 0.2) is 0 Å². The number of carbonyl (C=O) groups is 1. The van der Waals surface area contributed by atoms with Gasteiger partial charge in [0.2, 0.25) is 5.91 Å². The fourth-order valence-electron chi connectivity index (χ4n) is 2.71. The molecule has 1 atom stereocenters. The van der Waals surface area contributed by atoms with E-state index in [1.165, 1.54) is 0 Å². The van der Waals surface area contributed by atoms with E-state index in [1.54, 1.807) is 26.4 Å². The van der Waals surface area contributed by atoms with Gasteiger partial charge in [-0.15, -0.1) is 0 Å². The molecule has 0 bridgehead atoms. The Hall–Kier alpha value is -2.21. The summed E-state index contributed by atoms with van der Waals surface area (Å²) >= 11 is 5.38. The van der Waals surface area contributed by atoms with E-state index in [2.05, 4.69) is 17.0 Å². The Morgan fingerprint density at radius 2 is 1.96 bits per heavy atom. The summed E-state index contributed by atoms with van der Waals surface area (Å²) in [6, 6.07) is 5.61. The molecule has 0 spiro atoms. The van der Waals surface area contributed by atoms with Gasteiger partial charge in [0.25, 0.3) is 0 Å². The van der Waals surface area contributed by atoms with E-state index in [4.69, 9.17) is 21.7 Å². The lowest BCUT2D eigenvalue weighted by molar-refractivity contribution is -0.115. The maximum Gasteiger partial charge on any atom is 0.249 e. The van der Waals surface area contributed by atoms with Crippen LogP contribution in [0.25, 0.3) is 5.57 Å². The number of nitrogens with one attached hydrogen (secondary N) is 1. The molecule has 2 rings (SSSR count). The number of carbonyl (C=O) groups excluding carboxylic acids is 1. The second-order valence-corrected chi connectivity index (χ2v) is 6.05. The third-order valence-corrected chi connectivity index (χ3v) is 4.42. The average molecular weight is 346 g/mol. The van der Waals surface area contributed by atoms with Crippen molar-refractivity contribution in [3.8, 4) is 11.5 Å². The number of benzene rings is 1. The van der Waals surface area contributed by atoms with Crippen LogP contribution < -0.4 is 14.8 Å². The Morgan fingerprint density at radius 1 is 1.29 bits per heavy atom. The molecule has 0 saturated carbocycles. The minimum atomic E-state index is -0.193. The predicted octanol–water partition coefficient (Wildman–Crippen LogP) is 3.03. The summed E-state index contributed by atoms with van der Waals surface area (Å²) in [4.78, 5) is 16.6. The molecular formula is C18H22N2O3S. The molecule has 0 saturated heterocycles. The highest BCUT2D eigenvalue weighted by Crippen LogP contribution is 2.32. The lowest BCUT2D eigenvalue weighted by Gasteiger charge is -2.17. The van der Waals surface area contributed by atoms with Crippen molar-refractivity contribution in [2.75, 3.05) is 20.8 Å². The number of ether oxygens (including phenoxy) is 2. The number of amides is 1. The molecule has 1 unspecified atom stereocenters. The second kappa shape index (κ2) is 8.59. The van der Waals surface area contributed by atoms with Crippen LogP contribution in [-0.2, 0) is 4.79 Å². The molecule has 5 nitrogen and oxygen atoms in total. The van der Waals surface area contributed by atoms with E-state index in [9.17, 15) is 4.79 Å². The van der Waals surface area contributed by atoms with Crippen LogP contribution >= 0.6 is 12.2 Å². The van der Waals surface area contributed by atoms with Crippen LogP contribution in [0.2, 0.25) is 0 Å². The van der Waals surface area contributed by atoms with Crippen LogP contribution in [0.1, 0.15) is 24.8 Å². The topological polar surface area (TPSA) is 59.9 Å². The summed E-state index contributed by atoms with van der Waals surface area (Å²) in [5.41, 5.74) is 1.82. The lowest BCUT2D eigenvalue weighted by atomic mass is 9.91. The van der Waals surface area contributed by atoms with Crippen LogP contribution in [0.5, 0.6) is 11.5 Å². The maximum atomic E-state index is 12.1. The molecule has 6 heteroatoms. The van der Waals surface area contributed by atoms with E-state index in [0.717, 1.165) is 24.0 Å². The largest absolute Gasteiger partial charge is 0.497 e. The molecule has 0 fully saturated rings. The van der Waals surface area contributed by atoms with Gasteiger partial charge in [-0.05, 0) is 49.2 Å². The summed E-state index contributed by atoms with van der Waals surface area (Å²) in [5.74, 6) is 1.27. The van der Waals surface area contributed by atoms with E-state index in [1.807, 2.05) is 12.1 Å². The zero-order valence-corrected chi connectivity index (χ0v) is 14.8. The van der Waals surface area contributed by atoms with E-state index in [-0.39, 0.29) is 11.8 Å². The van der Waals surface area contributed by atoms with Gasteiger partial charge in [-0.2, -0.15) is 0 Å². The molecule has 1 aromatic carbocycles. The quantitative estimate of drug-likeness (QED) is 0.468. The monoisotopic (exact) mass is 346 g/mol.